The lowest BCUT2D eigenvalue weighted by Crippen LogP contribution is -2.20. The topological polar surface area (TPSA) is 55.5 Å². The smallest absolute Gasteiger partial charge is 0.157 e. The van der Waals surface area contributed by atoms with Crippen LogP contribution in [0.3, 0.4) is 0 Å². The number of rotatable bonds is 5. The van der Waals surface area contributed by atoms with Crippen LogP contribution in [0.25, 0.3) is 15.9 Å². The Kier molecular flexibility index (Phi) is 3.87. The third-order valence-corrected chi connectivity index (χ3v) is 4.81. The van der Waals surface area contributed by atoms with E-state index in [1.165, 1.54) is 4.70 Å². The summed E-state index contributed by atoms with van der Waals surface area (Å²) in [6.45, 7) is 1.19. The zero-order valence-electron chi connectivity index (χ0n) is 13.5. The van der Waals surface area contributed by atoms with Crippen molar-refractivity contribution in [1.29, 1.82) is 0 Å². The predicted octanol–water partition coefficient (Wildman–Crippen LogP) is 3.12. The Morgan fingerprint density at radius 3 is 2.92 bits per heavy atom. The minimum atomic E-state index is 0.476. The van der Waals surface area contributed by atoms with Crippen molar-refractivity contribution in [3.8, 4) is 0 Å². The fourth-order valence-corrected chi connectivity index (χ4v) is 3.73. The van der Waals surface area contributed by atoms with E-state index in [0.717, 1.165) is 27.7 Å². The highest BCUT2D eigenvalue weighted by atomic mass is 32.1. The average Bonchev–Trinajstić information content (AvgIpc) is 3.19. The number of thiazole rings is 1. The first-order chi connectivity index (χ1) is 11.7. The van der Waals surface area contributed by atoms with Crippen molar-refractivity contribution in [2.24, 2.45) is 0 Å². The SMILES string of the molecule is COCc1cc(N(C)Cc2nc3ccccc3s2)n2nccc2n1. The lowest BCUT2D eigenvalue weighted by Gasteiger charge is -2.19. The molecule has 0 aliphatic rings. The molecule has 0 saturated carbocycles. The van der Waals surface area contributed by atoms with Crippen molar-refractivity contribution in [2.45, 2.75) is 13.2 Å². The Morgan fingerprint density at radius 1 is 1.21 bits per heavy atom. The maximum absolute atomic E-state index is 5.23. The third-order valence-electron chi connectivity index (χ3n) is 3.79. The van der Waals surface area contributed by atoms with E-state index in [4.69, 9.17) is 9.72 Å². The molecule has 4 aromatic rings. The number of ether oxygens (including phenoxy) is 1. The van der Waals surface area contributed by atoms with Gasteiger partial charge in [-0.15, -0.1) is 11.3 Å². The van der Waals surface area contributed by atoms with Crippen LogP contribution in [0.5, 0.6) is 0 Å². The summed E-state index contributed by atoms with van der Waals surface area (Å²) in [6, 6.07) is 12.1. The minimum absolute atomic E-state index is 0.476. The van der Waals surface area contributed by atoms with Gasteiger partial charge < -0.3 is 9.64 Å². The fourth-order valence-electron chi connectivity index (χ4n) is 2.71. The van der Waals surface area contributed by atoms with Crippen LogP contribution in [0.4, 0.5) is 5.82 Å². The second kappa shape index (κ2) is 6.18. The van der Waals surface area contributed by atoms with E-state index in [0.29, 0.717) is 13.2 Å². The second-order valence-corrected chi connectivity index (χ2v) is 6.69. The Hall–Kier alpha value is -2.51. The van der Waals surface area contributed by atoms with Gasteiger partial charge in [-0.1, -0.05) is 12.1 Å². The molecule has 122 valence electrons. The number of hydrogen-bond acceptors (Lipinski definition) is 6. The molecule has 0 aliphatic heterocycles. The molecule has 0 radical (unpaired) electrons. The zero-order chi connectivity index (χ0) is 16.5. The summed E-state index contributed by atoms with van der Waals surface area (Å²) in [6.07, 6.45) is 1.76. The largest absolute Gasteiger partial charge is 0.378 e. The quantitative estimate of drug-likeness (QED) is 0.559. The molecule has 0 N–H and O–H groups in total. The van der Waals surface area contributed by atoms with Crippen molar-refractivity contribution < 1.29 is 4.74 Å². The first-order valence-corrected chi connectivity index (χ1v) is 8.44. The molecular weight excluding hydrogens is 322 g/mol. The maximum atomic E-state index is 5.23. The van der Waals surface area contributed by atoms with E-state index in [2.05, 4.69) is 21.0 Å². The van der Waals surface area contributed by atoms with Crippen molar-refractivity contribution in [3.63, 3.8) is 0 Å². The zero-order valence-corrected chi connectivity index (χ0v) is 14.3. The Balaban J connectivity index is 1.69. The second-order valence-electron chi connectivity index (χ2n) is 5.57. The van der Waals surface area contributed by atoms with Crippen LogP contribution in [-0.2, 0) is 17.9 Å². The molecule has 0 spiro atoms. The normalized spacial score (nSPS) is 11.4. The standard InChI is InChI=1S/C17H17N5OS/c1-21(10-16-20-13-5-3-4-6-14(13)24-16)17-9-12(11-23-2)19-15-7-8-18-22(15)17/h3-9H,10-11H2,1-2H3. The molecule has 0 fully saturated rings. The summed E-state index contributed by atoms with van der Waals surface area (Å²) in [5.74, 6) is 0.969. The Bertz CT molecular complexity index is 960. The molecule has 0 amide bonds. The van der Waals surface area contributed by atoms with E-state index in [1.54, 1.807) is 24.6 Å². The monoisotopic (exact) mass is 339 g/mol. The van der Waals surface area contributed by atoms with Crippen LogP contribution in [-0.4, -0.2) is 33.7 Å². The number of fused-ring (bicyclic) bond motifs is 2. The van der Waals surface area contributed by atoms with E-state index >= 15 is 0 Å². The van der Waals surface area contributed by atoms with Crippen molar-refractivity contribution in [1.82, 2.24) is 19.6 Å². The van der Waals surface area contributed by atoms with Gasteiger partial charge in [0, 0.05) is 26.3 Å². The first-order valence-electron chi connectivity index (χ1n) is 7.63. The summed E-state index contributed by atoms with van der Waals surface area (Å²) in [4.78, 5) is 11.4. The molecule has 1 aromatic carbocycles. The summed E-state index contributed by atoms with van der Waals surface area (Å²) < 4.78 is 8.27. The van der Waals surface area contributed by atoms with Crippen molar-refractivity contribution in [2.75, 3.05) is 19.1 Å². The van der Waals surface area contributed by atoms with Gasteiger partial charge in [0.2, 0.25) is 0 Å². The van der Waals surface area contributed by atoms with Gasteiger partial charge in [-0.3, -0.25) is 0 Å². The van der Waals surface area contributed by atoms with Crippen LogP contribution in [0, 0.1) is 0 Å². The molecule has 3 heterocycles. The van der Waals surface area contributed by atoms with E-state index in [1.807, 2.05) is 41.9 Å². The van der Waals surface area contributed by atoms with Crippen LogP contribution < -0.4 is 4.90 Å². The van der Waals surface area contributed by atoms with Gasteiger partial charge in [-0.2, -0.15) is 9.61 Å². The number of hydrogen-bond donors (Lipinski definition) is 0. The fraction of sp³-hybridized carbons (Fsp3) is 0.235. The molecule has 0 unspecified atom stereocenters. The highest BCUT2D eigenvalue weighted by Crippen LogP contribution is 2.24. The minimum Gasteiger partial charge on any atom is -0.378 e. The Morgan fingerprint density at radius 2 is 2.08 bits per heavy atom. The van der Waals surface area contributed by atoms with Crippen LogP contribution in [0.1, 0.15) is 10.7 Å². The van der Waals surface area contributed by atoms with Crippen LogP contribution >= 0.6 is 11.3 Å². The van der Waals surface area contributed by atoms with Gasteiger partial charge in [0.15, 0.2) is 5.65 Å². The molecule has 24 heavy (non-hydrogen) atoms. The molecule has 0 bridgehead atoms. The summed E-state index contributed by atoms with van der Waals surface area (Å²) in [7, 11) is 3.71. The maximum Gasteiger partial charge on any atom is 0.157 e. The van der Waals surface area contributed by atoms with Gasteiger partial charge in [0.1, 0.15) is 10.8 Å². The molecule has 7 heteroatoms. The average molecular weight is 339 g/mol. The molecule has 0 aliphatic carbocycles. The highest BCUT2D eigenvalue weighted by Gasteiger charge is 2.13. The molecule has 3 aromatic heterocycles. The highest BCUT2D eigenvalue weighted by molar-refractivity contribution is 7.18. The summed E-state index contributed by atoms with van der Waals surface area (Å²) in [5, 5.41) is 5.45. The number of benzene rings is 1. The molecule has 0 saturated heterocycles. The first kappa shape index (κ1) is 15.0. The number of anilines is 1. The molecule has 0 atom stereocenters. The third kappa shape index (κ3) is 2.72. The van der Waals surface area contributed by atoms with Gasteiger partial charge >= 0.3 is 0 Å². The summed E-state index contributed by atoms with van der Waals surface area (Å²) >= 11 is 1.72. The number of methoxy groups -OCH3 is 1. The van der Waals surface area contributed by atoms with Gasteiger partial charge in [0.25, 0.3) is 0 Å². The van der Waals surface area contributed by atoms with Gasteiger partial charge in [0.05, 0.1) is 35.3 Å². The molecular formula is C17H17N5OS. The van der Waals surface area contributed by atoms with Crippen LogP contribution in [0.15, 0.2) is 42.6 Å². The van der Waals surface area contributed by atoms with E-state index in [-0.39, 0.29) is 0 Å². The lowest BCUT2D eigenvalue weighted by molar-refractivity contribution is 0.181. The van der Waals surface area contributed by atoms with Crippen molar-refractivity contribution >= 4 is 33.0 Å². The van der Waals surface area contributed by atoms with E-state index in [9.17, 15) is 0 Å². The number of para-hydroxylation sites is 1. The van der Waals surface area contributed by atoms with Crippen molar-refractivity contribution in [3.05, 3.63) is 53.3 Å². The predicted molar refractivity (Wildman–Crippen MR) is 95.4 cm³/mol. The molecule has 6 nitrogen and oxygen atoms in total. The van der Waals surface area contributed by atoms with Gasteiger partial charge in [-0.25, -0.2) is 9.97 Å². The number of aromatic nitrogens is 4. The number of nitrogens with zero attached hydrogens (tertiary/aromatic N) is 5. The molecule has 4 rings (SSSR count). The summed E-state index contributed by atoms with van der Waals surface area (Å²) in [5.41, 5.74) is 2.75. The van der Waals surface area contributed by atoms with E-state index < -0.39 is 0 Å². The van der Waals surface area contributed by atoms with Crippen LogP contribution in [0.2, 0.25) is 0 Å². The lowest BCUT2D eigenvalue weighted by atomic mass is 10.3. The van der Waals surface area contributed by atoms with Gasteiger partial charge in [-0.05, 0) is 12.1 Å². The Labute approximate surface area is 143 Å².